The van der Waals surface area contributed by atoms with Crippen LogP contribution in [-0.4, -0.2) is 61.0 Å². The zero-order chi connectivity index (χ0) is 18.0. The van der Waals surface area contributed by atoms with Crippen LogP contribution in [0.25, 0.3) is 0 Å². The summed E-state index contributed by atoms with van der Waals surface area (Å²) in [5, 5.41) is -0.115. The van der Waals surface area contributed by atoms with E-state index in [0.717, 1.165) is 12.1 Å². The average molecular weight is 373 g/mol. The molecule has 2 amide bonds. The highest BCUT2D eigenvalue weighted by Gasteiger charge is 2.31. The van der Waals surface area contributed by atoms with Crippen LogP contribution in [-0.2, 0) is 9.53 Å². The Hall–Kier alpha value is -1.73. The lowest BCUT2D eigenvalue weighted by molar-refractivity contribution is -0.141. The Morgan fingerprint density at radius 3 is 2.24 bits per heavy atom. The number of ether oxygens (including phenoxy) is 1. The average Bonchev–Trinajstić information content (AvgIpc) is 2.64. The van der Waals surface area contributed by atoms with Gasteiger partial charge < -0.3 is 14.5 Å². The molecule has 136 valence electrons. The molecule has 0 N–H and O–H groups in total. The van der Waals surface area contributed by atoms with E-state index in [4.69, 9.17) is 16.3 Å². The summed E-state index contributed by atoms with van der Waals surface area (Å²) in [5.41, 5.74) is -0.0569. The predicted molar refractivity (Wildman–Crippen MR) is 87.4 cm³/mol. The van der Waals surface area contributed by atoms with Crippen molar-refractivity contribution in [3.05, 3.63) is 34.4 Å². The number of carbonyl (C=O) groups excluding carboxylic acids is 2. The molecule has 0 bridgehead atoms. The van der Waals surface area contributed by atoms with E-state index in [2.05, 4.69) is 0 Å². The number of nitrogens with zero attached hydrogens (tertiary/aromatic N) is 2. The third-order valence-corrected chi connectivity index (χ3v) is 5.01. The molecule has 0 unspecified atom stereocenters. The van der Waals surface area contributed by atoms with E-state index in [1.165, 1.54) is 4.90 Å². The maximum atomic E-state index is 13.4. The second-order valence-electron chi connectivity index (χ2n) is 6.25. The summed E-state index contributed by atoms with van der Waals surface area (Å²) in [7, 11) is 0. The van der Waals surface area contributed by atoms with Gasteiger partial charge in [0.1, 0.15) is 0 Å². The fourth-order valence-electron chi connectivity index (χ4n) is 3.23. The van der Waals surface area contributed by atoms with Gasteiger partial charge in [0, 0.05) is 32.1 Å². The predicted octanol–water partition coefficient (Wildman–Crippen LogP) is 2.33. The minimum Gasteiger partial charge on any atom is -0.378 e. The summed E-state index contributed by atoms with van der Waals surface area (Å²) in [6.07, 6.45) is 1.09. The second kappa shape index (κ2) is 7.66. The number of carbonyl (C=O) groups is 2. The van der Waals surface area contributed by atoms with Crippen molar-refractivity contribution in [3.63, 3.8) is 0 Å². The smallest absolute Gasteiger partial charge is 0.255 e. The number of halogens is 3. The van der Waals surface area contributed by atoms with Gasteiger partial charge in [-0.2, -0.15) is 0 Å². The van der Waals surface area contributed by atoms with Gasteiger partial charge in [-0.05, 0) is 25.0 Å². The molecule has 0 saturated carbocycles. The summed E-state index contributed by atoms with van der Waals surface area (Å²) in [6.45, 7) is 3.07. The molecule has 2 aliphatic rings. The SMILES string of the molecule is O=C(c1cc(F)c(F)cc1Cl)N1CCC(C(=O)N2CCOCC2)CC1. The third kappa shape index (κ3) is 3.93. The fraction of sp³-hybridized carbons (Fsp3) is 0.529. The number of benzene rings is 1. The summed E-state index contributed by atoms with van der Waals surface area (Å²) >= 11 is 5.87. The minimum atomic E-state index is -1.11. The first-order chi connectivity index (χ1) is 12.0. The first kappa shape index (κ1) is 18.1. The lowest BCUT2D eigenvalue weighted by Crippen LogP contribution is -2.47. The van der Waals surface area contributed by atoms with Crippen molar-refractivity contribution in [1.82, 2.24) is 9.80 Å². The molecule has 0 aromatic heterocycles. The van der Waals surface area contributed by atoms with Gasteiger partial charge in [-0.3, -0.25) is 9.59 Å². The number of hydrogen-bond donors (Lipinski definition) is 0. The molecule has 8 heteroatoms. The van der Waals surface area contributed by atoms with E-state index < -0.39 is 17.5 Å². The van der Waals surface area contributed by atoms with Crippen LogP contribution in [0.2, 0.25) is 5.02 Å². The van der Waals surface area contributed by atoms with Gasteiger partial charge in [-0.25, -0.2) is 8.78 Å². The molecule has 2 aliphatic heterocycles. The Bertz CT molecular complexity index is 672. The second-order valence-corrected chi connectivity index (χ2v) is 6.66. The number of hydrogen-bond acceptors (Lipinski definition) is 3. The molecule has 1 aromatic rings. The Morgan fingerprint density at radius 1 is 1.00 bits per heavy atom. The molecule has 3 rings (SSSR count). The first-order valence-electron chi connectivity index (χ1n) is 8.27. The fourth-order valence-corrected chi connectivity index (χ4v) is 3.46. The van der Waals surface area contributed by atoms with Crippen molar-refractivity contribution in [2.24, 2.45) is 5.92 Å². The van der Waals surface area contributed by atoms with Crippen molar-refractivity contribution in [2.75, 3.05) is 39.4 Å². The molecule has 0 atom stereocenters. The minimum absolute atomic E-state index is 0.0569. The van der Waals surface area contributed by atoms with Crippen LogP contribution in [0.3, 0.4) is 0 Å². The van der Waals surface area contributed by atoms with Crippen molar-refractivity contribution in [1.29, 1.82) is 0 Å². The normalized spacial score (nSPS) is 19.2. The molecule has 2 fully saturated rings. The molecule has 0 spiro atoms. The highest BCUT2D eigenvalue weighted by Crippen LogP contribution is 2.25. The Labute approximate surface area is 149 Å². The van der Waals surface area contributed by atoms with Gasteiger partial charge in [0.15, 0.2) is 11.6 Å². The maximum Gasteiger partial charge on any atom is 0.255 e. The topological polar surface area (TPSA) is 49.9 Å². The summed E-state index contributed by atoms with van der Waals surface area (Å²) in [6, 6.07) is 1.63. The Balaban J connectivity index is 1.61. The summed E-state index contributed by atoms with van der Waals surface area (Å²) in [5.74, 6) is -2.66. The largest absolute Gasteiger partial charge is 0.378 e. The number of rotatable bonds is 2. The standard InChI is InChI=1S/C17H19ClF2N2O3/c18-13-10-15(20)14(19)9-12(13)17(24)21-3-1-11(2-4-21)16(23)22-5-7-25-8-6-22/h9-11H,1-8H2. The Morgan fingerprint density at radius 2 is 1.60 bits per heavy atom. The highest BCUT2D eigenvalue weighted by molar-refractivity contribution is 6.33. The highest BCUT2D eigenvalue weighted by atomic mass is 35.5. The van der Waals surface area contributed by atoms with Crippen LogP contribution in [0.5, 0.6) is 0 Å². The van der Waals surface area contributed by atoms with Gasteiger partial charge in [-0.15, -0.1) is 0 Å². The Kier molecular flexibility index (Phi) is 5.54. The van der Waals surface area contributed by atoms with Crippen LogP contribution in [0.1, 0.15) is 23.2 Å². The van der Waals surface area contributed by atoms with E-state index >= 15 is 0 Å². The molecule has 0 aliphatic carbocycles. The molecule has 5 nitrogen and oxygen atoms in total. The quantitative estimate of drug-likeness (QED) is 0.749. The summed E-state index contributed by atoms with van der Waals surface area (Å²) in [4.78, 5) is 28.3. The van der Waals surface area contributed by atoms with E-state index in [-0.39, 0.29) is 22.4 Å². The van der Waals surface area contributed by atoms with E-state index in [9.17, 15) is 18.4 Å². The van der Waals surface area contributed by atoms with E-state index in [0.29, 0.717) is 52.2 Å². The number of likely N-dealkylation sites (tertiary alicyclic amines) is 1. The maximum absolute atomic E-state index is 13.4. The summed E-state index contributed by atoms with van der Waals surface area (Å²) < 4.78 is 31.8. The molecule has 0 radical (unpaired) electrons. The van der Waals surface area contributed by atoms with E-state index in [1.54, 1.807) is 4.90 Å². The lowest BCUT2D eigenvalue weighted by Gasteiger charge is -2.35. The van der Waals surface area contributed by atoms with Crippen LogP contribution in [0.15, 0.2) is 12.1 Å². The van der Waals surface area contributed by atoms with Crippen LogP contribution in [0, 0.1) is 17.6 Å². The molecular weight excluding hydrogens is 354 g/mol. The van der Waals surface area contributed by atoms with Gasteiger partial charge in [0.05, 0.1) is 23.8 Å². The lowest BCUT2D eigenvalue weighted by atomic mass is 9.94. The monoisotopic (exact) mass is 372 g/mol. The third-order valence-electron chi connectivity index (χ3n) is 4.69. The van der Waals surface area contributed by atoms with Crippen LogP contribution >= 0.6 is 11.6 Å². The van der Waals surface area contributed by atoms with Crippen molar-refractivity contribution < 1.29 is 23.1 Å². The van der Waals surface area contributed by atoms with Crippen molar-refractivity contribution in [3.8, 4) is 0 Å². The zero-order valence-electron chi connectivity index (χ0n) is 13.6. The molecule has 1 aromatic carbocycles. The van der Waals surface area contributed by atoms with E-state index in [1.807, 2.05) is 0 Å². The van der Waals surface area contributed by atoms with Gasteiger partial charge >= 0.3 is 0 Å². The molecule has 2 saturated heterocycles. The molecular formula is C17H19ClF2N2O3. The van der Waals surface area contributed by atoms with Gasteiger partial charge in [-0.1, -0.05) is 11.6 Å². The van der Waals surface area contributed by atoms with Crippen molar-refractivity contribution >= 4 is 23.4 Å². The number of morpholine rings is 1. The zero-order valence-corrected chi connectivity index (χ0v) is 14.4. The number of piperidine rings is 1. The van der Waals surface area contributed by atoms with Gasteiger partial charge in [0.2, 0.25) is 5.91 Å². The van der Waals surface area contributed by atoms with Crippen LogP contribution < -0.4 is 0 Å². The van der Waals surface area contributed by atoms with Crippen molar-refractivity contribution in [2.45, 2.75) is 12.8 Å². The first-order valence-corrected chi connectivity index (χ1v) is 8.65. The molecule has 2 heterocycles. The van der Waals surface area contributed by atoms with Gasteiger partial charge in [0.25, 0.3) is 5.91 Å². The number of amides is 2. The molecule has 25 heavy (non-hydrogen) atoms. The van der Waals surface area contributed by atoms with Crippen LogP contribution in [0.4, 0.5) is 8.78 Å².